The van der Waals surface area contributed by atoms with Gasteiger partial charge in [0.1, 0.15) is 30.8 Å². The Morgan fingerprint density at radius 2 is 1.39 bits per heavy atom. The van der Waals surface area contributed by atoms with Crippen LogP contribution < -0.4 is 14.8 Å². The summed E-state index contributed by atoms with van der Waals surface area (Å²) in [5.74, 6) is 1.62. The molecule has 5 nitrogen and oxygen atoms in total. The summed E-state index contributed by atoms with van der Waals surface area (Å²) in [7, 11) is 0. The van der Waals surface area contributed by atoms with Crippen molar-refractivity contribution in [1.29, 1.82) is 0 Å². The maximum Gasteiger partial charge on any atom is 0.119 e. The fourth-order valence-corrected chi connectivity index (χ4v) is 3.41. The lowest BCUT2D eigenvalue weighted by molar-refractivity contribution is 0.102. The van der Waals surface area contributed by atoms with Gasteiger partial charge in [-0.05, 0) is 55.2 Å². The molecular weight excluding hydrogens is 414 g/mol. The minimum absolute atomic E-state index is 0.237. The van der Waals surface area contributed by atoms with Crippen LogP contribution in [0.1, 0.15) is 18.1 Å². The van der Waals surface area contributed by atoms with Gasteiger partial charge in [-0.1, -0.05) is 60.7 Å². The first-order valence-electron chi connectivity index (χ1n) is 11.6. The largest absolute Gasteiger partial charge is 0.491 e. The summed E-state index contributed by atoms with van der Waals surface area (Å²) in [6, 6.07) is 28.3. The van der Waals surface area contributed by atoms with Crippen LogP contribution in [-0.2, 0) is 17.6 Å². The third-order valence-electron chi connectivity index (χ3n) is 5.23. The van der Waals surface area contributed by atoms with E-state index in [2.05, 4.69) is 36.5 Å². The third-order valence-corrected chi connectivity index (χ3v) is 5.23. The van der Waals surface area contributed by atoms with E-state index in [0.717, 1.165) is 24.3 Å². The van der Waals surface area contributed by atoms with Gasteiger partial charge in [0, 0.05) is 12.6 Å². The van der Waals surface area contributed by atoms with E-state index in [1.165, 1.54) is 11.1 Å². The Morgan fingerprint density at radius 3 is 2.12 bits per heavy atom. The van der Waals surface area contributed by atoms with Crippen LogP contribution in [0.15, 0.2) is 84.9 Å². The maximum atomic E-state index is 10.1. The van der Waals surface area contributed by atoms with Gasteiger partial charge < -0.3 is 24.6 Å². The van der Waals surface area contributed by atoms with E-state index < -0.39 is 6.10 Å². The molecule has 176 valence electrons. The van der Waals surface area contributed by atoms with E-state index in [0.29, 0.717) is 26.4 Å². The molecule has 0 heterocycles. The number of ether oxygens (including phenoxy) is 3. The zero-order valence-corrected chi connectivity index (χ0v) is 19.4. The highest BCUT2D eigenvalue weighted by Crippen LogP contribution is 2.14. The lowest BCUT2D eigenvalue weighted by Gasteiger charge is -2.18. The average molecular weight is 450 g/mol. The second kappa shape index (κ2) is 14.3. The normalized spacial score (nSPS) is 12.8. The lowest BCUT2D eigenvalue weighted by atomic mass is 10.1. The third kappa shape index (κ3) is 10.1. The highest BCUT2D eigenvalue weighted by Gasteiger charge is 2.09. The standard InChI is InChI=1S/C28H35NO4/c1-23(29-21-26(30)22-33-27-10-6-3-7-11-27)20-25-12-14-28(15-13-25)32-19-18-31-17-16-24-8-4-2-5-9-24/h2-15,23,26,29-30H,16-22H2,1H3/t23-,26?/m1/s1. The molecule has 0 bridgehead atoms. The van der Waals surface area contributed by atoms with Gasteiger partial charge in [0.15, 0.2) is 0 Å². The van der Waals surface area contributed by atoms with E-state index in [-0.39, 0.29) is 12.6 Å². The summed E-state index contributed by atoms with van der Waals surface area (Å²) >= 11 is 0. The molecule has 33 heavy (non-hydrogen) atoms. The zero-order chi connectivity index (χ0) is 23.1. The predicted molar refractivity (Wildman–Crippen MR) is 132 cm³/mol. The van der Waals surface area contributed by atoms with E-state index >= 15 is 0 Å². The fraction of sp³-hybridized carbons (Fsp3) is 0.357. The lowest BCUT2D eigenvalue weighted by Crippen LogP contribution is -2.37. The van der Waals surface area contributed by atoms with Crippen molar-refractivity contribution in [3.8, 4) is 11.5 Å². The molecular formula is C28H35NO4. The molecule has 0 amide bonds. The molecule has 1 unspecified atom stereocenters. The van der Waals surface area contributed by atoms with Gasteiger partial charge in [0.2, 0.25) is 0 Å². The van der Waals surface area contributed by atoms with Crippen molar-refractivity contribution in [3.63, 3.8) is 0 Å². The first-order valence-corrected chi connectivity index (χ1v) is 11.6. The Labute approximate surface area is 197 Å². The van der Waals surface area contributed by atoms with Crippen molar-refractivity contribution in [2.24, 2.45) is 0 Å². The summed E-state index contributed by atoms with van der Waals surface area (Å²) in [4.78, 5) is 0. The number of aliphatic hydroxyl groups excluding tert-OH is 1. The van der Waals surface area contributed by atoms with Crippen LogP contribution >= 0.6 is 0 Å². The minimum Gasteiger partial charge on any atom is -0.491 e. The van der Waals surface area contributed by atoms with Crippen LogP contribution in [0.25, 0.3) is 0 Å². The van der Waals surface area contributed by atoms with E-state index in [4.69, 9.17) is 14.2 Å². The summed E-state index contributed by atoms with van der Waals surface area (Å²) in [5.41, 5.74) is 2.50. The molecule has 0 aliphatic heterocycles. The van der Waals surface area contributed by atoms with Crippen LogP contribution in [0, 0.1) is 0 Å². The molecule has 2 N–H and O–H groups in total. The number of nitrogens with one attached hydrogen (secondary N) is 1. The van der Waals surface area contributed by atoms with Crippen molar-refractivity contribution in [3.05, 3.63) is 96.1 Å². The zero-order valence-electron chi connectivity index (χ0n) is 19.4. The van der Waals surface area contributed by atoms with Crippen molar-refractivity contribution < 1.29 is 19.3 Å². The molecule has 5 heteroatoms. The Morgan fingerprint density at radius 1 is 0.727 bits per heavy atom. The van der Waals surface area contributed by atoms with Crippen LogP contribution in [0.5, 0.6) is 11.5 Å². The number of rotatable bonds is 15. The van der Waals surface area contributed by atoms with E-state index in [9.17, 15) is 5.11 Å². The molecule has 3 aromatic rings. The quantitative estimate of drug-likeness (QED) is 0.339. The number of hydrogen-bond donors (Lipinski definition) is 2. The Kier molecular flexibility index (Phi) is 10.8. The first kappa shape index (κ1) is 24.8. The summed E-state index contributed by atoms with van der Waals surface area (Å²) in [5, 5.41) is 13.5. The van der Waals surface area contributed by atoms with Gasteiger partial charge in [0.05, 0.1) is 13.2 Å². The van der Waals surface area contributed by atoms with Crippen LogP contribution in [0.4, 0.5) is 0 Å². The number of para-hydroxylation sites is 1. The van der Waals surface area contributed by atoms with Crippen molar-refractivity contribution in [1.82, 2.24) is 5.32 Å². The molecule has 3 aromatic carbocycles. The van der Waals surface area contributed by atoms with Gasteiger partial charge in [-0.25, -0.2) is 0 Å². The van der Waals surface area contributed by atoms with Gasteiger partial charge in [-0.3, -0.25) is 0 Å². The first-order chi connectivity index (χ1) is 16.2. The topological polar surface area (TPSA) is 60.0 Å². The van der Waals surface area contributed by atoms with Crippen molar-refractivity contribution >= 4 is 0 Å². The predicted octanol–water partition coefficient (Wildman–Crippen LogP) is 4.29. The van der Waals surface area contributed by atoms with Gasteiger partial charge in [0.25, 0.3) is 0 Å². The number of hydrogen-bond acceptors (Lipinski definition) is 5. The molecule has 2 atom stereocenters. The second-order valence-corrected chi connectivity index (χ2v) is 8.13. The van der Waals surface area contributed by atoms with Gasteiger partial charge in [-0.15, -0.1) is 0 Å². The molecule has 0 saturated heterocycles. The Balaban J connectivity index is 1.25. The minimum atomic E-state index is -0.557. The molecule has 0 fully saturated rings. The van der Waals surface area contributed by atoms with Gasteiger partial charge in [-0.2, -0.15) is 0 Å². The van der Waals surface area contributed by atoms with Crippen LogP contribution in [-0.4, -0.2) is 50.2 Å². The average Bonchev–Trinajstić information content (AvgIpc) is 2.86. The Hall–Kier alpha value is -2.86. The second-order valence-electron chi connectivity index (χ2n) is 8.13. The molecule has 0 radical (unpaired) electrons. The Bertz CT molecular complexity index is 887. The summed E-state index contributed by atoms with van der Waals surface area (Å²) in [6.45, 7) is 4.68. The highest BCUT2D eigenvalue weighted by molar-refractivity contribution is 5.27. The van der Waals surface area contributed by atoms with Gasteiger partial charge >= 0.3 is 0 Å². The molecule has 0 aliphatic rings. The number of aliphatic hydroxyl groups is 1. The molecule has 0 aliphatic carbocycles. The van der Waals surface area contributed by atoms with Crippen LogP contribution in [0.3, 0.4) is 0 Å². The van der Waals surface area contributed by atoms with Crippen molar-refractivity contribution in [2.45, 2.75) is 31.9 Å². The molecule has 0 spiro atoms. The molecule has 0 saturated carbocycles. The maximum absolute atomic E-state index is 10.1. The highest BCUT2D eigenvalue weighted by atomic mass is 16.5. The number of benzene rings is 3. The van der Waals surface area contributed by atoms with E-state index in [1.807, 2.05) is 60.7 Å². The van der Waals surface area contributed by atoms with Crippen LogP contribution in [0.2, 0.25) is 0 Å². The summed E-state index contributed by atoms with van der Waals surface area (Å²) in [6.07, 6.45) is 1.23. The van der Waals surface area contributed by atoms with Crippen molar-refractivity contribution in [2.75, 3.05) is 33.0 Å². The summed E-state index contributed by atoms with van der Waals surface area (Å²) < 4.78 is 17.0. The molecule has 3 rings (SSSR count). The van der Waals surface area contributed by atoms with E-state index in [1.54, 1.807) is 0 Å². The monoisotopic (exact) mass is 449 g/mol. The molecule has 0 aromatic heterocycles. The smallest absolute Gasteiger partial charge is 0.119 e. The SMILES string of the molecule is C[C@H](Cc1ccc(OCCOCCc2ccccc2)cc1)NCC(O)COc1ccccc1. The fourth-order valence-electron chi connectivity index (χ4n) is 3.41.